The zero-order valence-corrected chi connectivity index (χ0v) is 12.1. The number of carbonyl (C=O) groups excluding carboxylic acids is 1. The van der Waals surface area contributed by atoms with Gasteiger partial charge in [0.1, 0.15) is 0 Å². The minimum Gasteiger partial charge on any atom is -0.493 e. The molecule has 1 atom stereocenters. The molecule has 0 radical (unpaired) electrons. The van der Waals surface area contributed by atoms with E-state index in [-0.39, 0.29) is 18.4 Å². The Bertz CT molecular complexity index is 525. The van der Waals surface area contributed by atoms with Crippen LogP contribution in [0.5, 0.6) is 11.5 Å². The quantitative estimate of drug-likeness (QED) is 0.854. The van der Waals surface area contributed by atoms with Crippen LogP contribution < -0.4 is 9.47 Å². The second-order valence-corrected chi connectivity index (χ2v) is 5.13. The van der Waals surface area contributed by atoms with Gasteiger partial charge >= 0.3 is 5.97 Å². The first-order valence-electron chi connectivity index (χ1n) is 6.79. The van der Waals surface area contributed by atoms with E-state index in [1.807, 2.05) is 6.07 Å². The largest absolute Gasteiger partial charge is 0.493 e. The van der Waals surface area contributed by atoms with Crippen LogP contribution >= 0.6 is 0 Å². The van der Waals surface area contributed by atoms with Crippen LogP contribution in [0.4, 0.5) is 0 Å². The van der Waals surface area contributed by atoms with Crippen molar-refractivity contribution in [2.45, 2.75) is 6.92 Å². The van der Waals surface area contributed by atoms with E-state index in [1.54, 1.807) is 30.0 Å². The van der Waals surface area contributed by atoms with Crippen molar-refractivity contribution < 1.29 is 24.2 Å². The van der Waals surface area contributed by atoms with E-state index in [4.69, 9.17) is 14.6 Å². The molecule has 0 aromatic heterocycles. The Balaban J connectivity index is 1.80. The lowest BCUT2D eigenvalue weighted by Gasteiger charge is -2.41. The number of para-hydroxylation sites is 2. The summed E-state index contributed by atoms with van der Waals surface area (Å²) in [5, 5.41) is 8.91. The van der Waals surface area contributed by atoms with Crippen LogP contribution in [0.3, 0.4) is 0 Å². The molecule has 0 saturated carbocycles. The lowest BCUT2D eigenvalue weighted by molar-refractivity contribution is -0.151. The molecular weight excluding hydrogens is 274 g/mol. The summed E-state index contributed by atoms with van der Waals surface area (Å²) in [5.41, 5.74) is 0. The van der Waals surface area contributed by atoms with E-state index in [0.29, 0.717) is 24.6 Å². The summed E-state index contributed by atoms with van der Waals surface area (Å²) in [6.45, 7) is 2.54. The van der Waals surface area contributed by atoms with Crippen molar-refractivity contribution in [3.05, 3.63) is 24.3 Å². The minimum absolute atomic E-state index is 0.0257. The zero-order chi connectivity index (χ0) is 15.4. The second kappa shape index (κ2) is 6.47. The molecule has 6 nitrogen and oxygen atoms in total. The number of benzene rings is 1. The Morgan fingerprint density at radius 1 is 1.33 bits per heavy atom. The van der Waals surface area contributed by atoms with Crippen molar-refractivity contribution in [3.8, 4) is 11.5 Å². The molecule has 1 amide bonds. The Kier molecular flexibility index (Phi) is 4.67. The fraction of sp³-hybridized carbons (Fsp3) is 0.467. The molecule has 1 aromatic carbocycles. The average molecular weight is 293 g/mol. The van der Waals surface area contributed by atoms with Crippen LogP contribution in [0.2, 0.25) is 0 Å². The molecule has 21 heavy (non-hydrogen) atoms. The number of aliphatic carboxylic acids is 1. The fourth-order valence-corrected chi connectivity index (χ4v) is 2.20. The summed E-state index contributed by atoms with van der Waals surface area (Å²) in [6, 6.07) is 7.11. The lowest BCUT2D eigenvalue weighted by atomic mass is 9.87. The highest BCUT2D eigenvalue weighted by molar-refractivity contribution is 5.79. The Morgan fingerprint density at radius 2 is 1.95 bits per heavy atom. The third-order valence-corrected chi connectivity index (χ3v) is 3.78. The average Bonchev–Trinajstić information content (AvgIpc) is 2.43. The van der Waals surface area contributed by atoms with Crippen molar-refractivity contribution in [2.75, 3.05) is 26.8 Å². The smallest absolute Gasteiger partial charge is 0.306 e. The molecule has 1 fully saturated rings. The van der Waals surface area contributed by atoms with Gasteiger partial charge in [-0.25, -0.2) is 0 Å². The summed E-state index contributed by atoms with van der Waals surface area (Å²) in [6.07, 6.45) is 0. The Hall–Kier alpha value is -2.24. The van der Waals surface area contributed by atoms with Crippen LogP contribution in [0.1, 0.15) is 6.92 Å². The van der Waals surface area contributed by atoms with E-state index in [0.717, 1.165) is 0 Å². The molecule has 114 valence electrons. The predicted octanol–water partition coefficient (Wildman–Crippen LogP) is 1.25. The Labute approximate surface area is 123 Å². The van der Waals surface area contributed by atoms with E-state index >= 15 is 0 Å². The molecule has 1 aliphatic heterocycles. The van der Waals surface area contributed by atoms with Crippen molar-refractivity contribution >= 4 is 11.9 Å². The number of hydrogen-bond donors (Lipinski definition) is 1. The second-order valence-electron chi connectivity index (χ2n) is 5.13. The summed E-state index contributed by atoms with van der Waals surface area (Å²) in [7, 11) is 1.54. The maximum Gasteiger partial charge on any atom is 0.306 e. The van der Waals surface area contributed by atoms with Crippen molar-refractivity contribution in [2.24, 2.45) is 11.8 Å². The van der Waals surface area contributed by atoms with Crippen molar-refractivity contribution in [3.63, 3.8) is 0 Å². The van der Waals surface area contributed by atoms with E-state index in [2.05, 4.69) is 0 Å². The van der Waals surface area contributed by atoms with Crippen LogP contribution in [-0.2, 0) is 9.59 Å². The number of ether oxygens (including phenoxy) is 2. The van der Waals surface area contributed by atoms with Crippen LogP contribution in [0.25, 0.3) is 0 Å². The third kappa shape index (κ3) is 3.45. The van der Waals surface area contributed by atoms with Gasteiger partial charge in [-0.3, -0.25) is 9.59 Å². The Morgan fingerprint density at radius 3 is 2.52 bits per heavy atom. The molecule has 6 heteroatoms. The van der Waals surface area contributed by atoms with Gasteiger partial charge in [0, 0.05) is 19.0 Å². The van der Waals surface area contributed by atoms with Gasteiger partial charge in [-0.15, -0.1) is 0 Å². The van der Waals surface area contributed by atoms with Crippen LogP contribution in [0.15, 0.2) is 24.3 Å². The van der Waals surface area contributed by atoms with Gasteiger partial charge in [0.2, 0.25) is 0 Å². The number of carbonyl (C=O) groups is 2. The van der Waals surface area contributed by atoms with Crippen molar-refractivity contribution in [1.82, 2.24) is 4.90 Å². The summed E-state index contributed by atoms with van der Waals surface area (Å²) >= 11 is 0. The van der Waals surface area contributed by atoms with Crippen LogP contribution in [0, 0.1) is 11.8 Å². The molecule has 1 saturated heterocycles. The highest BCUT2D eigenvalue weighted by Crippen LogP contribution is 2.27. The number of rotatable bonds is 6. The lowest BCUT2D eigenvalue weighted by Crippen LogP contribution is -2.54. The number of methoxy groups -OCH3 is 1. The summed E-state index contributed by atoms with van der Waals surface area (Å²) in [5.74, 6) is -0.273. The molecule has 1 heterocycles. The first kappa shape index (κ1) is 15.2. The summed E-state index contributed by atoms with van der Waals surface area (Å²) in [4.78, 5) is 24.4. The minimum atomic E-state index is -0.822. The molecule has 0 bridgehead atoms. The zero-order valence-electron chi connectivity index (χ0n) is 12.1. The number of likely N-dealkylation sites (tertiary alicyclic amines) is 1. The van der Waals surface area contributed by atoms with Gasteiger partial charge in [-0.1, -0.05) is 19.1 Å². The standard InChI is InChI=1S/C15H19NO5/c1-10(15(18)19)11-7-16(8-11)14(17)9-21-13-6-4-3-5-12(13)20-2/h3-6,10-11H,7-9H2,1-2H3,(H,18,19). The SMILES string of the molecule is COc1ccccc1OCC(=O)N1CC(C(C)C(=O)O)C1. The van der Waals surface area contributed by atoms with Gasteiger partial charge in [0.05, 0.1) is 13.0 Å². The molecule has 0 aliphatic carbocycles. The maximum absolute atomic E-state index is 11.9. The molecule has 2 rings (SSSR count). The molecule has 1 N–H and O–H groups in total. The van der Waals surface area contributed by atoms with Crippen LogP contribution in [-0.4, -0.2) is 48.7 Å². The first-order valence-corrected chi connectivity index (χ1v) is 6.79. The van der Waals surface area contributed by atoms with E-state index in [1.165, 1.54) is 7.11 Å². The number of carboxylic acids is 1. The topological polar surface area (TPSA) is 76.1 Å². The van der Waals surface area contributed by atoms with E-state index in [9.17, 15) is 9.59 Å². The van der Waals surface area contributed by atoms with E-state index < -0.39 is 11.9 Å². The highest BCUT2D eigenvalue weighted by atomic mass is 16.5. The van der Waals surface area contributed by atoms with Crippen molar-refractivity contribution in [1.29, 1.82) is 0 Å². The van der Waals surface area contributed by atoms with Gasteiger partial charge in [-0.05, 0) is 12.1 Å². The maximum atomic E-state index is 11.9. The van der Waals surface area contributed by atoms with Gasteiger partial charge in [0.25, 0.3) is 5.91 Å². The number of hydrogen-bond acceptors (Lipinski definition) is 4. The van der Waals surface area contributed by atoms with Gasteiger partial charge in [-0.2, -0.15) is 0 Å². The first-order chi connectivity index (χ1) is 10.0. The summed E-state index contributed by atoms with van der Waals surface area (Å²) < 4.78 is 10.6. The fourth-order valence-electron chi connectivity index (χ4n) is 2.20. The normalized spacial score (nSPS) is 16.0. The molecule has 1 aliphatic rings. The number of nitrogens with zero attached hydrogens (tertiary/aromatic N) is 1. The molecule has 1 unspecified atom stereocenters. The monoisotopic (exact) mass is 293 g/mol. The molecular formula is C15H19NO5. The number of carboxylic acid groups (broad SMARTS) is 1. The number of amides is 1. The highest BCUT2D eigenvalue weighted by Gasteiger charge is 2.37. The van der Waals surface area contributed by atoms with Gasteiger partial charge < -0.3 is 19.5 Å². The molecule has 1 aromatic rings. The van der Waals surface area contributed by atoms with Gasteiger partial charge in [0.15, 0.2) is 18.1 Å². The molecule has 0 spiro atoms. The third-order valence-electron chi connectivity index (χ3n) is 3.78. The predicted molar refractivity (Wildman–Crippen MR) is 75.4 cm³/mol.